The molecule has 0 saturated carbocycles. The van der Waals surface area contributed by atoms with E-state index in [-0.39, 0.29) is 24.3 Å². The molecule has 0 aliphatic carbocycles. The second-order valence-corrected chi connectivity index (χ2v) is 9.68. The number of anilines is 4. The molecule has 4 rings (SSSR count). The zero-order valence-electron chi connectivity index (χ0n) is 21.8. The lowest BCUT2D eigenvalue weighted by Crippen LogP contribution is -2.38. The van der Waals surface area contributed by atoms with Gasteiger partial charge < -0.3 is 30.0 Å². The lowest BCUT2D eigenvalue weighted by molar-refractivity contribution is 0.0519. The van der Waals surface area contributed by atoms with Crippen molar-refractivity contribution in [2.45, 2.75) is 52.6 Å². The van der Waals surface area contributed by atoms with Crippen LogP contribution in [0.15, 0.2) is 24.4 Å². The Hall–Kier alpha value is -3.20. The molecular formula is C27H38N6O3. The molecule has 0 bridgehead atoms. The third-order valence-electron chi connectivity index (χ3n) is 6.88. The number of methoxy groups -OCH3 is 1. The lowest BCUT2D eigenvalue weighted by Gasteiger charge is -2.35. The van der Waals surface area contributed by atoms with Crippen molar-refractivity contribution in [2.24, 2.45) is 5.92 Å². The fraction of sp³-hybridized carbons (Fsp3) is 0.556. The van der Waals surface area contributed by atoms with Gasteiger partial charge in [-0.15, -0.1) is 0 Å². The molecule has 0 radical (unpaired) electrons. The van der Waals surface area contributed by atoms with Crippen LogP contribution in [0.1, 0.15) is 62.5 Å². The molecule has 2 aliphatic heterocycles. The van der Waals surface area contributed by atoms with Crippen molar-refractivity contribution in [2.75, 3.05) is 55.0 Å². The van der Waals surface area contributed by atoms with E-state index >= 15 is 0 Å². The van der Waals surface area contributed by atoms with Crippen LogP contribution in [-0.2, 0) is 9.47 Å². The Kier molecular flexibility index (Phi) is 8.40. The number of carbonyl (C=O) groups is 1. The van der Waals surface area contributed by atoms with E-state index in [1.165, 1.54) is 12.8 Å². The van der Waals surface area contributed by atoms with Gasteiger partial charge in [0, 0.05) is 57.0 Å². The van der Waals surface area contributed by atoms with E-state index in [1.54, 1.807) is 26.3 Å². The molecule has 0 amide bonds. The van der Waals surface area contributed by atoms with Crippen LogP contribution < -0.4 is 15.1 Å². The van der Waals surface area contributed by atoms with Crippen molar-refractivity contribution in [3.05, 3.63) is 35.7 Å². The summed E-state index contributed by atoms with van der Waals surface area (Å²) in [6, 6.07) is 5.69. The van der Waals surface area contributed by atoms with Gasteiger partial charge in [-0.05, 0) is 50.7 Å². The Labute approximate surface area is 213 Å². The standard InChI is InChI=1S/C27H38N6O3/c1-5-36-27(34)21-17-22(32-14-9-20(35-4)10-15-32)24(25(28)18(2)3)26(31-21)30-19-8-11-29-23(16-19)33-12-6-7-13-33/h8,11,16-18,20,28H,5-7,9-10,12-15H2,1-4H3,(H,29,30,31). The van der Waals surface area contributed by atoms with Crippen LogP contribution in [0.25, 0.3) is 0 Å². The maximum absolute atomic E-state index is 12.8. The number of hydrogen-bond acceptors (Lipinski definition) is 9. The summed E-state index contributed by atoms with van der Waals surface area (Å²) >= 11 is 0. The molecule has 0 aromatic carbocycles. The SMILES string of the molecule is CCOC(=O)c1cc(N2CCC(OC)CC2)c(C(=N)C(C)C)c(Nc2ccnc(N3CCCC3)c2)n1. The average molecular weight is 495 g/mol. The van der Waals surface area contributed by atoms with E-state index in [0.29, 0.717) is 17.1 Å². The van der Waals surface area contributed by atoms with Crippen LogP contribution in [0, 0.1) is 11.3 Å². The minimum Gasteiger partial charge on any atom is -0.461 e. The summed E-state index contributed by atoms with van der Waals surface area (Å²) < 4.78 is 10.9. The molecule has 9 nitrogen and oxygen atoms in total. The Morgan fingerprint density at radius 3 is 2.53 bits per heavy atom. The number of nitrogens with zero attached hydrogens (tertiary/aromatic N) is 4. The van der Waals surface area contributed by atoms with E-state index < -0.39 is 5.97 Å². The van der Waals surface area contributed by atoms with Crippen molar-refractivity contribution in [1.29, 1.82) is 5.41 Å². The van der Waals surface area contributed by atoms with Crippen LogP contribution in [0.2, 0.25) is 0 Å². The summed E-state index contributed by atoms with van der Waals surface area (Å²) in [5, 5.41) is 12.4. The summed E-state index contributed by atoms with van der Waals surface area (Å²) in [6.07, 6.45) is 6.11. The third kappa shape index (κ3) is 5.78. The van der Waals surface area contributed by atoms with E-state index in [9.17, 15) is 4.79 Å². The number of pyridine rings is 2. The normalized spacial score (nSPS) is 16.5. The first-order valence-electron chi connectivity index (χ1n) is 13.0. The van der Waals surface area contributed by atoms with E-state index in [0.717, 1.165) is 56.2 Å². The maximum atomic E-state index is 12.8. The van der Waals surface area contributed by atoms with Crippen LogP contribution in [-0.4, -0.2) is 67.6 Å². The number of carbonyl (C=O) groups excluding carboxylic acids is 1. The maximum Gasteiger partial charge on any atom is 0.357 e. The Morgan fingerprint density at radius 1 is 1.17 bits per heavy atom. The van der Waals surface area contributed by atoms with Crippen LogP contribution in [0.4, 0.5) is 23.0 Å². The number of hydrogen-bond donors (Lipinski definition) is 2. The van der Waals surface area contributed by atoms with Gasteiger partial charge >= 0.3 is 5.97 Å². The molecule has 2 aromatic heterocycles. The second kappa shape index (κ2) is 11.7. The van der Waals surface area contributed by atoms with Crippen molar-refractivity contribution in [3.8, 4) is 0 Å². The highest BCUT2D eigenvalue weighted by Gasteiger charge is 2.28. The van der Waals surface area contributed by atoms with Gasteiger partial charge in [0.25, 0.3) is 0 Å². The van der Waals surface area contributed by atoms with Gasteiger partial charge in [-0.3, -0.25) is 0 Å². The predicted molar refractivity (Wildman–Crippen MR) is 143 cm³/mol. The summed E-state index contributed by atoms with van der Waals surface area (Å²) in [7, 11) is 1.75. The molecule has 194 valence electrons. The van der Waals surface area contributed by atoms with Crippen molar-refractivity contribution >= 4 is 34.7 Å². The summed E-state index contributed by atoms with van der Waals surface area (Å²) in [5.41, 5.74) is 3.07. The predicted octanol–water partition coefficient (Wildman–Crippen LogP) is 4.64. The summed E-state index contributed by atoms with van der Waals surface area (Å²) in [5.74, 6) is 0.917. The zero-order valence-corrected chi connectivity index (χ0v) is 21.8. The van der Waals surface area contributed by atoms with Gasteiger partial charge in [0.2, 0.25) is 0 Å². The molecule has 0 spiro atoms. The third-order valence-corrected chi connectivity index (χ3v) is 6.88. The first kappa shape index (κ1) is 25.9. The lowest BCUT2D eigenvalue weighted by atomic mass is 9.96. The molecule has 2 saturated heterocycles. The van der Waals surface area contributed by atoms with Crippen LogP contribution >= 0.6 is 0 Å². The molecule has 4 heterocycles. The number of esters is 1. The van der Waals surface area contributed by atoms with Gasteiger partial charge in [-0.2, -0.15) is 0 Å². The second-order valence-electron chi connectivity index (χ2n) is 9.68. The van der Waals surface area contributed by atoms with Gasteiger partial charge in [0.15, 0.2) is 5.69 Å². The van der Waals surface area contributed by atoms with Gasteiger partial charge in [0.1, 0.15) is 11.6 Å². The zero-order chi connectivity index (χ0) is 25.7. The highest BCUT2D eigenvalue weighted by molar-refractivity contribution is 6.09. The van der Waals surface area contributed by atoms with E-state index in [4.69, 9.17) is 19.9 Å². The van der Waals surface area contributed by atoms with Gasteiger partial charge in [-0.1, -0.05) is 13.8 Å². The number of piperidine rings is 1. The average Bonchev–Trinajstić information content (AvgIpc) is 3.43. The smallest absolute Gasteiger partial charge is 0.357 e. The highest BCUT2D eigenvalue weighted by atomic mass is 16.5. The summed E-state index contributed by atoms with van der Waals surface area (Å²) in [6.45, 7) is 9.61. The quantitative estimate of drug-likeness (QED) is 0.384. The first-order valence-corrected chi connectivity index (χ1v) is 13.0. The van der Waals surface area contributed by atoms with Crippen LogP contribution in [0.5, 0.6) is 0 Å². The fourth-order valence-electron chi connectivity index (χ4n) is 4.82. The van der Waals surface area contributed by atoms with Crippen LogP contribution in [0.3, 0.4) is 0 Å². The van der Waals surface area contributed by atoms with E-state index in [1.807, 2.05) is 26.0 Å². The monoisotopic (exact) mass is 494 g/mol. The molecule has 36 heavy (non-hydrogen) atoms. The first-order chi connectivity index (χ1) is 17.4. The fourth-order valence-corrected chi connectivity index (χ4v) is 4.82. The van der Waals surface area contributed by atoms with Crippen molar-refractivity contribution < 1.29 is 14.3 Å². The molecular weight excluding hydrogens is 456 g/mol. The largest absolute Gasteiger partial charge is 0.461 e. The highest BCUT2D eigenvalue weighted by Crippen LogP contribution is 2.34. The minimum absolute atomic E-state index is 0.0198. The molecule has 2 N–H and O–H groups in total. The van der Waals surface area contributed by atoms with Gasteiger partial charge in [0.05, 0.1) is 24.0 Å². The van der Waals surface area contributed by atoms with E-state index in [2.05, 4.69) is 20.1 Å². The van der Waals surface area contributed by atoms with Crippen molar-refractivity contribution in [3.63, 3.8) is 0 Å². The molecule has 2 aromatic rings. The topological polar surface area (TPSA) is 104 Å². The summed E-state index contributed by atoms with van der Waals surface area (Å²) in [4.78, 5) is 26.6. The molecule has 0 unspecified atom stereocenters. The van der Waals surface area contributed by atoms with Gasteiger partial charge in [-0.25, -0.2) is 14.8 Å². The Morgan fingerprint density at radius 2 is 1.89 bits per heavy atom. The Bertz CT molecular complexity index is 1080. The number of aromatic nitrogens is 2. The number of ether oxygens (including phenoxy) is 2. The molecule has 0 atom stereocenters. The molecule has 2 aliphatic rings. The Balaban J connectivity index is 1.78. The number of rotatable bonds is 9. The molecule has 9 heteroatoms. The van der Waals surface area contributed by atoms with Crippen molar-refractivity contribution in [1.82, 2.24) is 9.97 Å². The number of nitrogens with one attached hydrogen (secondary N) is 2. The minimum atomic E-state index is -0.469. The molecule has 2 fully saturated rings.